The molecule has 1 aliphatic heterocycles. The van der Waals surface area contributed by atoms with Crippen LogP contribution < -0.4 is 10.1 Å². The average Bonchev–Trinajstić information content (AvgIpc) is 2.47. The predicted molar refractivity (Wildman–Crippen MR) is 75.1 cm³/mol. The second-order valence-electron chi connectivity index (χ2n) is 4.59. The van der Waals surface area contributed by atoms with Crippen molar-refractivity contribution >= 4 is 17.9 Å². The Morgan fingerprint density at radius 2 is 2.35 bits per heavy atom. The SMILES string of the molecule is COc1cc(NC2CCCCO2)c(C=N)c(C(=O)O)c1. The van der Waals surface area contributed by atoms with E-state index in [9.17, 15) is 9.90 Å². The highest BCUT2D eigenvalue weighted by Gasteiger charge is 2.19. The molecule has 1 saturated heterocycles. The van der Waals surface area contributed by atoms with E-state index in [-0.39, 0.29) is 11.8 Å². The summed E-state index contributed by atoms with van der Waals surface area (Å²) in [6.45, 7) is 0.688. The van der Waals surface area contributed by atoms with Gasteiger partial charge < -0.3 is 25.3 Å². The number of methoxy groups -OCH3 is 1. The Labute approximate surface area is 117 Å². The standard InChI is InChI=1S/C14H18N2O4/c1-19-9-6-10(14(17)18)11(8-15)12(7-9)16-13-4-2-3-5-20-13/h6-8,13,15-16H,2-5H2,1H3,(H,17,18). The van der Waals surface area contributed by atoms with Crippen molar-refractivity contribution in [2.24, 2.45) is 0 Å². The van der Waals surface area contributed by atoms with Crippen molar-refractivity contribution in [1.29, 1.82) is 5.41 Å². The van der Waals surface area contributed by atoms with Crippen LogP contribution >= 0.6 is 0 Å². The highest BCUT2D eigenvalue weighted by molar-refractivity contribution is 6.02. The summed E-state index contributed by atoms with van der Waals surface area (Å²) in [5, 5.41) is 19.8. The van der Waals surface area contributed by atoms with E-state index in [0.29, 0.717) is 23.6 Å². The minimum absolute atomic E-state index is 0.0395. The Hall–Kier alpha value is -2.08. The number of aromatic carboxylic acids is 1. The maximum atomic E-state index is 11.3. The van der Waals surface area contributed by atoms with Gasteiger partial charge in [0.15, 0.2) is 0 Å². The van der Waals surface area contributed by atoms with Gasteiger partial charge in [-0.2, -0.15) is 0 Å². The highest BCUT2D eigenvalue weighted by atomic mass is 16.5. The van der Waals surface area contributed by atoms with Gasteiger partial charge in [0.05, 0.1) is 12.7 Å². The lowest BCUT2D eigenvalue weighted by molar-refractivity contribution is 0.0343. The van der Waals surface area contributed by atoms with Crippen LogP contribution in [-0.4, -0.2) is 37.2 Å². The average molecular weight is 278 g/mol. The van der Waals surface area contributed by atoms with E-state index in [1.807, 2.05) is 0 Å². The van der Waals surface area contributed by atoms with Crippen LogP contribution in [0.25, 0.3) is 0 Å². The Bertz CT molecular complexity index is 510. The minimum atomic E-state index is -1.09. The van der Waals surface area contributed by atoms with Crippen LogP contribution in [0.4, 0.5) is 5.69 Å². The summed E-state index contributed by atoms with van der Waals surface area (Å²) in [6.07, 6.45) is 3.84. The summed E-state index contributed by atoms with van der Waals surface area (Å²) in [4.78, 5) is 11.3. The Morgan fingerprint density at radius 1 is 1.55 bits per heavy atom. The summed E-state index contributed by atoms with van der Waals surface area (Å²) in [7, 11) is 1.48. The van der Waals surface area contributed by atoms with Crippen LogP contribution in [0.3, 0.4) is 0 Å². The number of hydrogen-bond acceptors (Lipinski definition) is 5. The first-order valence-corrected chi connectivity index (χ1v) is 6.49. The van der Waals surface area contributed by atoms with Gasteiger partial charge in [-0.25, -0.2) is 4.79 Å². The van der Waals surface area contributed by atoms with Crippen LogP contribution in [0, 0.1) is 5.41 Å². The normalized spacial score (nSPS) is 18.4. The second-order valence-corrected chi connectivity index (χ2v) is 4.59. The third-order valence-electron chi connectivity index (χ3n) is 3.26. The smallest absolute Gasteiger partial charge is 0.336 e. The molecule has 1 heterocycles. The number of carbonyl (C=O) groups is 1. The highest BCUT2D eigenvalue weighted by Crippen LogP contribution is 2.28. The van der Waals surface area contributed by atoms with Crippen LogP contribution in [0.15, 0.2) is 12.1 Å². The molecule has 0 spiro atoms. The maximum absolute atomic E-state index is 11.3. The Morgan fingerprint density at radius 3 is 2.90 bits per heavy atom. The molecule has 1 atom stereocenters. The molecule has 0 radical (unpaired) electrons. The van der Waals surface area contributed by atoms with Gasteiger partial charge in [-0.05, 0) is 25.3 Å². The quantitative estimate of drug-likeness (QED) is 0.719. The Balaban J connectivity index is 2.35. The number of hydrogen-bond donors (Lipinski definition) is 3. The topological polar surface area (TPSA) is 91.6 Å². The fourth-order valence-corrected chi connectivity index (χ4v) is 2.22. The third-order valence-corrected chi connectivity index (χ3v) is 3.26. The summed E-state index contributed by atoms with van der Waals surface area (Å²) in [5.74, 6) is -0.652. The molecule has 1 aliphatic rings. The van der Waals surface area contributed by atoms with Crippen molar-refractivity contribution < 1.29 is 19.4 Å². The summed E-state index contributed by atoms with van der Waals surface area (Å²) >= 11 is 0. The van der Waals surface area contributed by atoms with E-state index < -0.39 is 5.97 Å². The lowest BCUT2D eigenvalue weighted by atomic mass is 10.0. The molecule has 20 heavy (non-hydrogen) atoms. The first kappa shape index (κ1) is 14.3. The first-order valence-electron chi connectivity index (χ1n) is 6.49. The van der Waals surface area contributed by atoms with E-state index in [4.69, 9.17) is 14.9 Å². The molecule has 1 unspecified atom stereocenters. The van der Waals surface area contributed by atoms with E-state index in [2.05, 4.69) is 5.32 Å². The zero-order valence-corrected chi connectivity index (χ0v) is 11.3. The van der Waals surface area contributed by atoms with Crippen LogP contribution in [-0.2, 0) is 4.74 Å². The van der Waals surface area contributed by atoms with Crippen LogP contribution in [0.1, 0.15) is 35.2 Å². The van der Waals surface area contributed by atoms with Crippen LogP contribution in [0.2, 0.25) is 0 Å². The number of nitrogens with one attached hydrogen (secondary N) is 2. The molecule has 0 aromatic heterocycles. The fraction of sp³-hybridized carbons (Fsp3) is 0.429. The minimum Gasteiger partial charge on any atom is -0.497 e. The third kappa shape index (κ3) is 3.08. The maximum Gasteiger partial charge on any atom is 0.336 e. The molecular weight excluding hydrogens is 260 g/mol. The largest absolute Gasteiger partial charge is 0.497 e. The lowest BCUT2D eigenvalue weighted by Crippen LogP contribution is -2.28. The molecule has 0 amide bonds. The van der Waals surface area contributed by atoms with Crippen molar-refractivity contribution in [3.63, 3.8) is 0 Å². The zero-order valence-electron chi connectivity index (χ0n) is 11.3. The van der Waals surface area contributed by atoms with E-state index in [0.717, 1.165) is 25.5 Å². The number of carboxylic acid groups (broad SMARTS) is 1. The number of benzene rings is 1. The molecule has 6 nitrogen and oxygen atoms in total. The summed E-state index contributed by atoms with van der Waals surface area (Å²) in [5.41, 5.74) is 0.911. The monoisotopic (exact) mass is 278 g/mol. The predicted octanol–water partition coefficient (Wildman–Crippen LogP) is 2.33. The van der Waals surface area contributed by atoms with Crippen molar-refractivity contribution in [3.8, 4) is 5.75 Å². The zero-order chi connectivity index (χ0) is 14.5. The van der Waals surface area contributed by atoms with Gasteiger partial charge in [-0.15, -0.1) is 0 Å². The first-order chi connectivity index (χ1) is 9.65. The summed E-state index contributed by atoms with van der Waals surface area (Å²) < 4.78 is 10.7. The number of rotatable bonds is 5. The molecule has 0 bridgehead atoms. The van der Waals surface area contributed by atoms with E-state index in [1.54, 1.807) is 6.07 Å². The summed E-state index contributed by atoms with van der Waals surface area (Å²) in [6, 6.07) is 3.10. The van der Waals surface area contributed by atoms with Crippen LogP contribution in [0.5, 0.6) is 5.75 Å². The van der Waals surface area contributed by atoms with Crippen molar-refractivity contribution in [2.75, 3.05) is 19.0 Å². The molecule has 0 saturated carbocycles. The molecule has 1 aromatic carbocycles. The Kier molecular flexibility index (Phi) is 4.57. The molecule has 3 N–H and O–H groups in total. The van der Waals surface area contributed by atoms with Gasteiger partial charge in [-0.1, -0.05) is 0 Å². The lowest BCUT2D eigenvalue weighted by Gasteiger charge is -2.25. The number of carboxylic acids is 1. The van der Waals surface area contributed by atoms with Gasteiger partial charge in [0.2, 0.25) is 0 Å². The molecular formula is C14H18N2O4. The molecule has 1 fully saturated rings. The second kappa shape index (κ2) is 6.38. The molecule has 0 aliphatic carbocycles. The van der Waals surface area contributed by atoms with Gasteiger partial charge in [-0.3, -0.25) is 0 Å². The fourth-order valence-electron chi connectivity index (χ4n) is 2.22. The molecule has 108 valence electrons. The number of anilines is 1. The van der Waals surface area contributed by atoms with Gasteiger partial charge in [0, 0.05) is 30.1 Å². The van der Waals surface area contributed by atoms with Gasteiger partial charge in [0.25, 0.3) is 0 Å². The van der Waals surface area contributed by atoms with Gasteiger partial charge in [0.1, 0.15) is 12.0 Å². The molecule has 6 heteroatoms. The van der Waals surface area contributed by atoms with E-state index in [1.165, 1.54) is 13.2 Å². The van der Waals surface area contributed by atoms with Crippen molar-refractivity contribution in [3.05, 3.63) is 23.3 Å². The van der Waals surface area contributed by atoms with Crippen molar-refractivity contribution in [2.45, 2.75) is 25.5 Å². The van der Waals surface area contributed by atoms with Crippen molar-refractivity contribution in [1.82, 2.24) is 0 Å². The van der Waals surface area contributed by atoms with E-state index >= 15 is 0 Å². The number of ether oxygens (including phenoxy) is 2. The molecule has 2 rings (SSSR count). The molecule has 1 aromatic rings. The van der Waals surface area contributed by atoms with Gasteiger partial charge >= 0.3 is 5.97 Å².